The molecule has 22 heavy (non-hydrogen) atoms. The lowest BCUT2D eigenvalue weighted by molar-refractivity contribution is 0.0825. The van der Waals surface area contributed by atoms with E-state index in [1.54, 1.807) is 30.3 Å². The van der Waals surface area contributed by atoms with E-state index in [1.807, 2.05) is 0 Å². The summed E-state index contributed by atoms with van der Waals surface area (Å²) in [5.74, 6) is 0.129. The van der Waals surface area contributed by atoms with Gasteiger partial charge >= 0.3 is 0 Å². The van der Waals surface area contributed by atoms with Gasteiger partial charge in [0.1, 0.15) is 28.6 Å². The first-order valence-corrected chi connectivity index (χ1v) is 6.95. The minimum atomic E-state index is -0.444. The van der Waals surface area contributed by atoms with E-state index in [9.17, 15) is 15.0 Å². The number of hydrogen-bond acceptors (Lipinski definition) is 5. The maximum atomic E-state index is 12.6. The molecule has 0 radical (unpaired) electrons. The second-order valence-corrected chi connectivity index (χ2v) is 5.22. The van der Waals surface area contributed by atoms with E-state index in [2.05, 4.69) is 0 Å². The predicted octanol–water partition coefficient (Wildman–Crippen LogP) is 2.54. The molecule has 0 saturated carbocycles. The summed E-state index contributed by atoms with van der Waals surface area (Å²) in [4.78, 5) is 12.6. The van der Waals surface area contributed by atoms with Crippen LogP contribution in [0.5, 0.6) is 23.0 Å². The highest BCUT2D eigenvalue weighted by Gasteiger charge is 2.32. The predicted molar refractivity (Wildman–Crippen MR) is 79.8 cm³/mol. The molecule has 2 aromatic carbocycles. The van der Waals surface area contributed by atoms with Gasteiger partial charge in [0.25, 0.3) is 0 Å². The number of phenolic OH excluding ortho intramolecular Hbond substituents is 2. The first-order valence-electron chi connectivity index (χ1n) is 6.95. The van der Waals surface area contributed by atoms with Crippen molar-refractivity contribution < 1.29 is 24.5 Å². The SMILES string of the molecule is COc1cc(O)c2c(c1)OC[C@H](Cc1ccccc1O)C2=O. The third-order valence-electron chi connectivity index (χ3n) is 3.81. The van der Waals surface area contributed by atoms with E-state index in [1.165, 1.54) is 13.2 Å². The molecular formula is C17H16O5. The van der Waals surface area contributed by atoms with Crippen LogP contribution in [-0.4, -0.2) is 29.7 Å². The zero-order valence-electron chi connectivity index (χ0n) is 12.1. The Morgan fingerprint density at radius 2 is 2.00 bits per heavy atom. The minimum Gasteiger partial charge on any atom is -0.508 e. The molecule has 0 spiro atoms. The van der Waals surface area contributed by atoms with Gasteiger partial charge in [-0.15, -0.1) is 0 Å². The standard InChI is InChI=1S/C17H16O5/c1-21-12-7-14(19)16-15(8-12)22-9-11(17(16)20)6-10-4-2-3-5-13(10)18/h2-5,7-8,11,18-19H,6,9H2,1H3/t11-/m0/s1. The molecule has 1 atom stereocenters. The highest BCUT2D eigenvalue weighted by atomic mass is 16.5. The van der Waals surface area contributed by atoms with Crippen LogP contribution in [0.15, 0.2) is 36.4 Å². The lowest BCUT2D eigenvalue weighted by Crippen LogP contribution is -2.29. The van der Waals surface area contributed by atoms with Gasteiger partial charge in [0.15, 0.2) is 5.78 Å². The van der Waals surface area contributed by atoms with Gasteiger partial charge in [0.2, 0.25) is 0 Å². The molecule has 0 bridgehead atoms. The van der Waals surface area contributed by atoms with Crippen molar-refractivity contribution in [2.45, 2.75) is 6.42 Å². The van der Waals surface area contributed by atoms with E-state index in [4.69, 9.17) is 9.47 Å². The van der Waals surface area contributed by atoms with Crippen LogP contribution in [0, 0.1) is 5.92 Å². The Bertz CT molecular complexity index is 723. The van der Waals surface area contributed by atoms with Crippen molar-refractivity contribution in [3.63, 3.8) is 0 Å². The van der Waals surface area contributed by atoms with Gasteiger partial charge in [0.05, 0.1) is 19.6 Å². The zero-order valence-corrected chi connectivity index (χ0v) is 12.1. The molecule has 2 N–H and O–H groups in total. The summed E-state index contributed by atoms with van der Waals surface area (Å²) in [6.07, 6.45) is 0.358. The van der Waals surface area contributed by atoms with E-state index >= 15 is 0 Å². The van der Waals surface area contributed by atoms with Crippen LogP contribution in [0.2, 0.25) is 0 Å². The van der Waals surface area contributed by atoms with Gasteiger partial charge in [-0.3, -0.25) is 4.79 Å². The van der Waals surface area contributed by atoms with Crippen molar-refractivity contribution >= 4 is 5.78 Å². The number of benzene rings is 2. The monoisotopic (exact) mass is 300 g/mol. The maximum absolute atomic E-state index is 12.6. The van der Waals surface area contributed by atoms with Crippen molar-refractivity contribution in [1.82, 2.24) is 0 Å². The number of phenols is 2. The Labute approximate surface area is 127 Å². The first kappa shape index (κ1) is 14.3. The Morgan fingerprint density at radius 3 is 2.73 bits per heavy atom. The van der Waals surface area contributed by atoms with Crippen LogP contribution in [-0.2, 0) is 6.42 Å². The first-order chi connectivity index (χ1) is 10.6. The smallest absolute Gasteiger partial charge is 0.177 e. The van der Waals surface area contributed by atoms with Crippen molar-refractivity contribution in [3.8, 4) is 23.0 Å². The van der Waals surface area contributed by atoms with E-state index in [0.717, 1.165) is 0 Å². The molecule has 0 unspecified atom stereocenters. The van der Waals surface area contributed by atoms with Crippen molar-refractivity contribution in [2.24, 2.45) is 5.92 Å². The second-order valence-electron chi connectivity index (χ2n) is 5.22. The number of carbonyl (C=O) groups excluding carboxylic acids is 1. The summed E-state index contributed by atoms with van der Waals surface area (Å²) < 4.78 is 10.6. The number of ketones is 1. The van der Waals surface area contributed by atoms with Crippen LogP contribution >= 0.6 is 0 Å². The molecule has 0 saturated heterocycles. The van der Waals surface area contributed by atoms with Crippen molar-refractivity contribution in [3.05, 3.63) is 47.5 Å². The Balaban J connectivity index is 1.90. The van der Waals surface area contributed by atoms with E-state index < -0.39 is 5.92 Å². The quantitative estimate of drug-likeness (QED) is 0.911. The summed E-state index contributed by atoms with van der Waals surface area (Å²) >= 11 is 0. The zero-order chi connectivity index (χ0) is 15.7. The average molecular weight is 300 g/mol. The third-order valence-corrected chi connectivity index (χ3v) is 3.81. The third kappa shape index (κ3) is 2.45. The summed E-state index contributed by atoms with van der Waals surface area (Å²) in [5.41, 5.74) is 0.855. The van der Waals surface area contributed by atoms with Gasteiger partial charge in [-0.2, -0.15) is 0 Å². The number of carbonyl (C=O) groups is 1. The van der Waals surface area contributed by atoms with Crippen molar-refractivity contribution in [1.29, 1.82) is 0 Å². The molecule has 0 aromatic heterocycles. The number of aromatic hydroxyl groups is 2. The highest BCUT2D eigenvalue weighted by Crippen LogP contribution is 2.39. The summed E-state index contributed by atoms with van der Waals surface area (Å²) in [7, 11) is 1.48. The van der Waals surface area contributed by atoms with Gasteiger partial charge in [0, 0.05) is 12.1 Å². The van der Waals surface area contributed by atoms with Crippen LogP contribution in [0.1, 0.15) is 15.9 Å². The van der Waals surface area contributed by atoms with Crippen LogP contribution in [0.3, 0.4) is 0 Å². The molecule has 0 fully saturated rings. The number of Topliss-reactive ketones (excluding diaryl/α,β-unsaturated/α-hetero) is 1. The van der Waals surface area contributed by atoms with Gasteiger partial charge < -0.3 is 19.7 Å². The number of para-hydroxylation sites is 1. The number of hydrogen-bond donors (Lipinski definition) is 2. The van der Waals surface area contributed by atoms with Gasteiger partial charge in [-0.1, -0.05) is 18.2 Å². The second kappa shape index (κ2) is 5.60. The summed E-state index contributed by atoms with van der Waals surface area (Å²) in [6.45, 7) is 0.201. The summed E-state index contributed by atoms with van der Waals surface area (Å²) in [6, 6.07) is 9.86. The molecule has 0 aliphatic carbocycles. The number of ether oxygens (including phenoxy) is 2. The van der Waals surface area contributed by atoms with Crippen LogP contribution < -0.4 is 9.47 Å². The largest absolute Gasteiger partial charge is 0.508 e. The topological polar surface area (TPSA) is 76.0 Å². The minimum absolute atomic E-state index is 0.152. The van der Waals surface area contributed by atoms with Crippen LogP contribution in [0.4, 0.5) is 0 Å². The normalized spacial score (nSPS) is 16.8. The highest BCUT2D eigenvalue weighted by molar-refractivity contribution is 6.04. The Hall–Kier alpha value is -2.69. The molecule has 5 nitrogen and oxygen atoms in total. The molecule has 1 aliphatic heterocycles. The molecule has 114 valence electrons. The molecule has 1 aliphatic rings. The van der Waals surface area contributed by atoms with E-state index in [0.29, 0.717) is 23.5 Å². The lowest BCUT2D eigenvalue weighted by atomic mass is 9.89. The van der Waals surface area contributed by atoms with Crippen LogP contribution in [0.25, 0.3) is 0 Å². The molecule has 1 heterocycles. The van der Waals surface area contributed by atoms with E-state index in [-0.39, 0.29) is 29.5 Å². The Morgan fingerprint density at radius 1 is 1.23 bits per heavy atom. The lowest BCUT2D eigenvalue weighted by Gasteiger charge is -2.25. The van der Waals surface area contributed by atoms with Gasteiger partial charge in [-0.05, 0) is 18.1 Å². The maximum Gasteiger partial charge on any atom is 0.177 e. The molecule has 3 rings (SSSR count). The summed E-state index contributed by atoms with van der Waals surface area (Å²) in [5, 5.41) is 19.9. The molecule has 0 amide bonds. The fourth-order valence-electron chi connectivity index (χ4n) is 2.63. The average Bonchev–Trinajstić information content (AvgIpc) is 2.51. The van der Waals surface area contributed by atoms with Gasteiger partial charge in [-0.25, -0.2) is 0 Å². The molecular weight excluding hydrogens is 284 g/mol. The number of rotatable bonds is 3. The number of fused-ring (bicyclic) bond motifs is 1. The fourth-order valence-corrected chi connectivity index (χ4v) is 2.63. The Kier molecular flexibility index (Phi) is 3.63. The molecule has 5 heteroatoms. The van der Waals surface area contributed by atoms with Crippen molar-refractivity contribution in [2.75, 3.05) is 13.7 Å². The number of methoxy groups -OCH3 is 1. The fraction of sp³-hybridized carbons (Fsp3) is 0.235. The molecule has 2 aromatic rings.